The SMILES string of the molecule is CC#CCNC(=O)c1sc2ccccc2c1N. The Balaban J connectivity index is 2.31. The Hall–Kier alpha value is -1.99. The van der Waals surface area contributed by atoms with Crippen molar-refractivity contribution in [1.82, 2.24) is 5.32 Å². The van der Waals surface area contributed by atoms with Crippen LogP contribution in [0, 0.1) is 11.8 Å². The van der Waals surface area contributed by atoms with Gasteiger partial charge in [-0.15, -0.1) is 17.3 Å². The average molecular weight is 244 g/mol. The van der Waals surface area contributed by atoms with Crippen molar-refractivity contribution in [3.05, 3.63) is 29.1 Å². The molecular formula is C13H12N2OS. The zero-order valence-corrected chi connectivity index (χ0v) is 10.2. The smallest absolute Gasteiger partial charge is 0.264 e. The lowest BCUT2D eigenvalue weighted by molar-refractivity contribution is 0.0963. The van der Waals surface area contributed by atoms with Gasteiger partial charge in [-0.05, 0) is 13.0 Å². The van der Waals surface area contributed by atoms with Gasteiger partial charge in [0.25, 0.3) is 5.91 Å². The van der Waals surface area contributed by atoms with Crippen LogP contribution < -0.4 is 11.1 Å². The van der Waals surface area contributed by atoms with E-state index in [1.54, 1.807) is 6.92 Å². The van der Waals surface area contributed by atoms with Gasteiger partial charge in [-0.2, -0.15) is 0 Å². The maximum atomic E-state index is 11.9. The van der Waals surface area contributed by atoms with Crippen molar-refractivity contribution in [1.29, 1.82) is 0 Å². The molecule has 86 valence electrons. The summed E-state index contributed by atoms with van der Waals surface area (Å²) in [5, 5.41) is 3.65. The maximum absolute atomic E-state index is 11.9. The molecule has 0 fully saturated rings. The number of benzene rings is 1. The Morgan fingerprint density at radius 2 is 2.24 bits per heavy atom. The molecule has 0 radical (unpaired) electrons. The summed E-state index contributed by atoms with van der Waals surface area (Å²) in [5.41, 5.74) is 6.51. The number of nitrogens with one attached hydrogen (secondary N) is 1. The van der Waals surface area contributed by atoms with Gasteiger partial charge in [0.15, 0.2) is 0 Å². The fourth-order valence-electron chi connectivity index (χ4n) is 1.53. The summed E-state index contributed by atoms with van der Waals surface area (Å²) in [4.78, 5) is 12.4. The number of thiophene rings is 1. The third-order valence-corrected chi connectivity index (χ3v) is 3.54. The average Bonchev–Trinajstić information content (AvgIpc) is 2.68. The standard InChI is InChI=1S/C13H12N2OS/c1-2-3-8-15-13(16)12-11(14)9-6-4-5-7-10(9)17-12/h4-7H,8,14H2,1H3,(H,15,16). The van der Waals surface area contributed by atoms with Crippen molar-refractivity contribution < 1.29 is 4.79 Å². The number of nitrogens with two attached hydrogens (primary N) is 1. The first-order chi connectivity index (χ1) is 8.24. The third-order valence-electron chi connectivity index (χ3n) is 2.35. The highest BCUT2D eigenvalue weighted by atomic mass is 32.1. The zero-order valence-electron chi connectivity index (χ0n) is 9.41. The highest BCUT2D eigenvalue weighted by molar-refractivity contribution is 7.21. The first kappa shape index (κ1) is 11.5. The van der Waals surface area contributed by atoms with E-state index in [4.69, 9.17) is 5.73 Å². The van der Waals surface area contributed by atoms with Gasteiger partial charge in [0.2, 0.25) is 0 Å². The molecule has 1 aromatic carbocycles. The molecule has 0 atom stereocenters. The fraction of sp³-hybridized carbons (Fsp3) is 0.154. The highest BCUT2D eigenvalue weighted by Gasteiger charge is 2.14. The molecule has 1 aromatic heterocycles. The first-order valence-electron chi connectivity index (χ1n) is 5.19. The van der Waals surface area contributed by atoms with E-state index >= 15 is 0 Å². The first-order valence-corrected chi connectivity index (χ1v) is 6.00. The van der Waals surface area contributed by atoms with Gasteiger partial charge in [0.05, 0.1) is 12.2 Å². The van der Waals surface area contributed by atoms with Gasteiger partial charge in [-0.3, -0.25) is 4.79 Å². The van der Waals surface area contributed by atoms with Crippen molar-refractivity contribution in [2.24, 2.45) is 0 Å². The Bertz CT molecular complexity index is 619. The van der Waals surface area contributed by atoms with Crippen LogP contribution in [0.4, 0.5) is 5.69 Å². The quantitative estimate of drug-likeness (QED) is 0.796. The molecule has 0 spiro atoms. The van der Waals surface area contributed by atoms with Gasteiger partial charge in [-0.25, -0.2) is 0 Å². The molecule has 4 heteroatoms. The summed E-state index contributed by atoms with van der Waals surface area (Å²) in [6.07, 6.45) is 0. The summed E-state index contributed by atoms with van der Waals surface area (Å²) in [6, 6.07) is 7.72. The van der Waals surface area contributed by atoms with E-state index in [0.717, 1.165) is 10.1 Å². The van der Waals surface area contributed by atoms with Crippen molar-refractivity contribution in [3.8, 4) is 11.8 Å². The number of fused-ring (bicyclic) bond motifs is 1. The number of carbonyl (C=O) groups excluding carboxylic acids is 1. The number of hydrogen-bond donors (Lipinski definition) is 2. The van der Waals surface area contributed by atoms with Gasteiger partial charge < -0.3 is 11.1 Å². The predicted molar refractivity (Wildman–Crippen MR) is 72.0 cm³/mol. The second-order valence-corrected chi connectivity index (χ2v) is 4.50. The summed E-state index contributed by atoms with van der Waals surface area (Å²) in [5.74, 6) is 5.35. The summed E-state index contributed by atoms with van der Waals surface area (Å²) >= 11 is 1.40. The molecule has 2 rings (SSSR count). The van der Waals surface area contributed by atoms with Crippen LogP contribution in [0.15, 0.2) is 24.3 Å². The summed E-state index contributed by atoms with van der Waals surface area (Å²) < 4.78 is 1.02. The normalized spacial score (nSPS) is 9.71. The molecular weight excluding hydrogens is 232 g/mol. The van der Waals surface area contributed by atoms with E-state index in [1.807, 2.05) is 24.3 Å². The van der Waals surface area contributed by atoms with Crippen LogP contribution in [-0.4, -0.2) is 12.5 Å². The molecule has 1 amide bonds. The summed E-state index contributed by atoms with van der Waals surface area (Å²) in [7, 11) is 0. The molecule has 0 saturated carbocycles. The second-order valence-electron chi connectivity index (χ2n) is 3.45. The van der Waals surface area contributed by atoms with Crippen molar-refractivity contribution in [2.75, 3.05) is 12.3 Å². The topological polar surface area (TPSA) is 55.1 Å². The second kappa shape index (κ2) is 4.89. The monoisotopic (exact) mass is 244 g/mol. The Morgan fingerprint density at radius 1 is 1.47 bits per heavy atom. The van der Waals surface area contributed by atoms with E-state index in [0.29, 0.717) is 17.1 Å². The number of anilines is 1. The van der Waals surface area contributed by atoms with Crippen LogP contribution >= 0.6 is 11.3 Å². The van der Waals surface area contributed by atoms with Gasteiger partial charge in [0.1, 0.15) is 4.88 Å². The molecule has 2 aromatic rings. The van der Waals surface area contributed by atoms with Crippen LogP contribution in [0.5, 0.6) is 0 Å². The molecule has 0 aliphatic heterocycles. The van der Waals surface area contributed by atoms with Crippen molar-refractivity contribution in [2.45, 2.75) is 6.92 Å². The van der Waals surface area contributed by atoms with Crippen molar-refractivity contribution in [3.63, 3.8) is 0 Å². The van der Waals surface area contributed by atoms with E-state index in [-0.39, 0.29) is 5.91 Å². The highest BCUT2D eigenvalue weighted by Crippen LogP contribution is 2.33. The van der Waals surface area contributed by atoms with Gasteiger partial charge >= 0.3 is 0 Å². The molecule has 3 N–H and O–H groups in total. The Morgan fingerprint density at radius 3 is 2.94 bits per heavy atom. The lowest BCUT2D eigenvalue weighted by Crippen LogP contribution is -2.23. The fourth-order valence-corrected chi connectivity index (χ4v) is 2.57. The largest absolute Gasteiger partial charge is 0.397 e. The van der Waals surface area contributed by atoms with Crippen LogP contribution in [0.2, 0.25) is 0 Å². The minimum absolute atomic E-state index is 0.161. The summed E-state index contributed by atoms with van der Waals surface area (Å²) in [6.45, 7) is 2.09. The molecule has 0 bridgehead atoms. The predicted octanol–water partition coefficient (Wildman–Crippen LogP) is 2.24. The van der Waals surface area contributed by atoms with Crippen LogP contribution in [0.1, 0.15) is 16.6 Å². The van der Waals surface area contributed by atoms with Crippen LogP contribution in [0.25, 0.3) is 10.1 Å². The minimum Gasteiger partial charge on any atom is -0.397 e. The van der Waals surface area contributed by atoms with E-state index < -0.39 is 0 Å². The van der Waals surface area contributed by atoms with Crippen LogP contribution in [-0.2, 0) is 0 Å². The minimum atomic E-state index is -0.161. The zero-order chi connectivity index (χ0) is 12.3. The maximum Gasteiger partial charge on any atom is 0.264 e. The number of hydrogen-bond acceptors (Lipinski definition) is 3. The lowest BCUT2D eigenvalue weighted by atomic mass is 10.2. The molecule has 3 nitrogen and oxygen atoms in total. The number of nitrogen functional groups attached to an aromatic ring is 1. The molecule has 0 unspecified atom stereocenters. The lowest BCUT2D eigenvalue weighted by Gasteiger charge is -1.99. The Kier molecular flexibility index (Phi) is 3.31. The van der Waals surface area contributed by atoms with Gasteiger partial charge in [-0.1, -0.05) is 24.1 Å². The van der Waals surface area contributed by atoms with Crippen molar-refractivity contribution >= 4 is 33.0 Å². The van der Waals surface area contributed by atoms with Gasteiger partial charge in [0, 0.05) is 10.1 Å². The number of amides is 1. The van der Waals surface area contributed by atoms with E-state index in [1.165, 1.54) is 11.3 Å². The molecule has 0 aliphatic carbocycles. The molecule has 17 heavy (non-hydrogen) atoms. The van der Waals surface area contributed by atoms with Crippen LogP contribution in [0.3, 0.4) is 0 Å². The number of rotatable bonds is 2. The number of carbonyl (C=O) groups is 1. The molecule has 0 saturated heterocycles. The molecule has 0 aliphatic rings. The molecule has 1 heterocycles. The van der Waals surface area contributed by atoms with E-state index in [9.17, 15) is 4.79 Å². The Labute approximate surface area is 104 Å². The van der Waals surface area contributed by atoms with E-state index in [2.05, 4.69) is 17.2 Å². The third kappa shape index (κ3) is 2.24.